The second-order valence-corrected chi connectivity index (χ2v) is 8.86. The van der Waals surface area contributed by atoms with Gasteiger partial charge in [0, 0.05) is 16.2 Å². The smallest absolute Gasteiger partial charge is 0.242 e. The Bertz CT molecular complexity index is 660. The van der Waals surface area contributed by atoms with Crippen molar-refractivity contribution < 1.29 is 8.42 Å². The maximum Gasteiger partial charge on any atom is 0.242 e. The number of anilines is 1. The van der Waals surface area contributed by atoms with Gasteiger partial charge in [0.2, 0.25) is 10.0 Å². The topological polar surface area (TPSA) is 72.2 Å². The SMILES string of the molecule is Nc1ccc(Br)c(S(=O)(=O)NC2C3C4CCC(C4)C23)c1. The molecule has 1 aromatic rings. The van der Waals surface area contributed by atoms with Gasteiger partial charge in [-0.25, -0.2) is 13.1 Å². The molecule has 0 aromatic heterocycles. The van der Waals surface area contributed by atoms with Gasteiger partial charge in [-0.15, -0.1) is 0 Å². The second kappa shape index (κ2) is 4.21. The average Bonchev–Trinajstić information content (AvgIpc) is 2.81. The Kier molecular flexibility index (Phi) is 2.76. The second-order valence-electron chi connectivity index (χ2n) is 6.32. The Labute approximate surface area is 127 Å². The van der Waals surface area contributed by atoms with Crippen molar-refractivity contribution >= 4 is 31.6 Å². The molecule has 3 N–H and O–H groups in total. The van der Waals surface area contributed by atoms with Crippen LogP contribution >= 0.6 is 15.9 Å². The molecule has 0 spiro atoms. The number of nitrogens with one attached hydrogen (secondary N) is 1. The van der Waals surface area contributed by atoms with Crippen LogP contribution in [0.2, 0.25) is 0 Å². The highest BCUT2D eigenvalue weighted by molar-refractivity contribution is 9.10. The molecule has 0 heterocycles. The summed E-state index contributed by atoms with van der Waals surface area (Å²) in [6, 6.07) is 5.04. The number of sulfonamides is 1. The zero-order chi connectivity index (χ0) is 14.1. The maximum absolute atomic E-state index is 12.5. The highest BCUT2D eigenvalue weighted by atomic mass is 79.9. The van der Waals surface area contributed by atoms with Crippen LogP contribution in [0.1, 0.15) is 19.3 Å². The van der Waals surface area contributed by atoms with Crippen LogP contribution in [0.15, 0.2) is 27.6 Å². The molecule has 4 atom stereocenters. The van der Waals surface area contributed by atoms with E-state index in [1.54, 1.807) is 12.1 Å². The first kappa shape index (κ1) is 13.1. The summed E-state index contributed by atoms with van der Waals surface area (Å²) in [5, 5.41) is 0. The molecule has 2 bridgehead atoms. The maximum atomic E-state index is 12.5. The summed E-state index contributed by atoms with van der Waals surface area (Å²) in [5.74, 6) is 2.68. The molecule has 0 radical (unpaired) electrons. The van der Waals surface area contributed by atoms with Gasteiger partial charge < -0.3 is 5.73 Å². The molecule has 1 aromatic carbocycles. The van der Waals surface area contributed by atoms with Crippen molar-refractivity contribution in [3.8, 4) is 0 Å². The van der Waals surface area contributed by atoms with Gasteiger partial charge in [-0.3, -0.25) is 0 Å². The molecular weight excluding hydrogens is 340 g/mol. The van der Waals surface area contributed by atoms with Crippen LogP contribution in [0, 0.1) is 23.7 Å². The molecule has 3 fully saturated rings. The number of hydrogen-bond acceptors (Lipinski definition) is 3. The normalized spacial score (nSPS) is 38.0. The van der Waals surface area contributed by atoms with E-state index in [0.717, 1.165) is 11.8 Å². The summed E-state index contributed by atoms with van der Waals surface area (Å²) in [6.45, 7) is 0. The van der Waals surface area contributed by atoms with Crippen molar-refractivity contribution in [2.45, 2.75) is 30.2 Å². The minimum absolute atomic E-state index is 0.152. The van der Waals surface area contributed by atoms with Gasteiger partial charge in [0.15, 0.2) is 0 Å². The Morgan fingerprint density at radius 2 is 1.85 bits per heavy atom. The predicted molar refractivity (Wildman–Crippen MR) is 80.5 cm³/mol. The van der Waals surface area contributed by atoms with Crippen molar-refractivity contribution in [1.82, 2.24) is 4.72 Å². The van der Waals surface area contributed by atoms with E-state index < -0.39 is 10.0 Å². The Hall–Kier alpha value is -0.590. The number of rotatable bonds is 3. The average molecular weight is 357 g/mol. The van der Waals surface area contributed by atoms with E-state index in [9.17, 15) is 8.42 Å². The molecule has 3 saturated carbocycles. The van der Waals surface area contributed by atoms with Crippen LogP contribution in [0.3, 0.4) is 0 Å². The van der Waals surface area contributed by atoms with Crippen LogP contribution < -0.4 is 10.5 Å². The molecule has 6 heteroatoms. The fourth-order valence-electron chi connectivity index (χ4n) is 4.45. The highest BCUT2D eigenvalue weighted by Crippen LogP contribution is 2.65. The standard InChI is InChI=1S/C14H17BrN2O2S/c15-10-4-3-9(16)6-11(10)20(18,19)17-14-12-7-1-2-8(5-7)13(12)14/h3-4,6-8,12-14,17H,1-2,5,16H2. The summed E-state index contributed by atoms with van der Waals surface area (Å²) < 4.78 is 28.5. The molecule has 3 aliphatic carbocycles. The predicted octanol–water partition coefficient (Wildman–Crippen LogP) is 2.35. The lowest BCUT2D eigenvalue weighted by atomic mass is 10.0. The van der Waals surface area contributed by atoms with Gasteiger partial charge in [0.05, 0.1) is 4.90 Å². The van der Waals surface area contributed by atoms with Crippen molar-refractivity contribution in [3.05, 3.63) is 22.7 Å². The molecular formula is C14H17BrN2O2S. The minimum Gasteiger partial charge on any atom is -0.399 e. The lowest BCUT2D eigenvalue weighted by Crippen LogP contribution is -2.30. The monoisotopic (exact) mass is 356 g/mol. The van der Waals surface area contributed by atoms with Crippen LogP contribution in [0.5, 0.6) is 0 Å². The van der Waals surface area contributed by atoms with Crippen LogP contribution in [0.25, 0.3) is 0 Å². The first-order valence-corrected chi connectivity index (χ1v) is 9.32. The van der Waals surface area contributed by atoms with Crippen molar-refractivity contribution in [2.24, 2.45) is 23.7 Å². The van der Waals surface area contributed by atoms with Crippen molar-refractivity contribution in [1.29, 1.82) is 0 Å². The molecule has 0 amide bonds. The number of nitrogen functional groups attached to an aromatic ring is 1. The van der Waals surface area contributed by atoms with E-state index in [1.807, 2.05) is 0 Å². The number of fused-ring (bicyclic) bond motifs is 5. The lowest BCUT2D eigenvalue weighted by Gasteiger charge is -2.12. The van der Waals surface area contributed by atoms with Gasteiger partial charge in [0.1, 0.15) is 0 Å². The molecule has 3 aliphatic rings. The zero-order valence-corrected chi connectivity index (χ0v) is 13.3. The minimum atomic E-state index is -3.49. The summed E-state index contributed by atoms with van der Waals surface area (Å²) in [6.07, 6.45) is 3.88. The molecule has 0 aliphatic heterocycles. The summed E-state index contributed by atoms with van der Waals surface area (Å²) >= 11 is 3.30. The highest BCUT2D eigenvalue weighted by Gasteiger charge is 2.65. The molecule has 4 nitrogen and oxygen atoms in total. The van der Waals surface area contributed by atoms with Gasteiger partial charge in [-0.05, 0) is 77.1 Å². The van der Waals surface area contributed by atoms with Gasteiger partial charge in [0.25, 0.3) is 0 Å². The van der Waals surface area contributed by atoms with E-state index in [-0.39, 0.29) is 10.9 Å². The van der Waals surface area contributed by atoms with E-state index in [2.05, 4.69) is 20.7 Å². The molecule has 0 saturated heterocycles. The quantitative estimate of drug-likeness (QED) is 0.816. The number of benzene rings is 1. The van der Waals surface area contributed by atoms with Gasteiger partial charge in [-0.2, -0.15) is 0 Å². The largest absolute Gasteiger partial charge is 0.399 e. The van der Waals surface area contributed by atoms with E-state index in [0.29, 0.717) is 22.0 Å². The lowest BCUT2D eigenvalue weighted by molar-refractivity contribution is 0.456. The van der Waals surface area contributed by atoms with Crippen LogP contribution in [0.4, 0.5) is 5.69 Å². The zero-order valence-electron chi connectivity index (χ0n) is 10.9. The third kappa shape index (κ3) is 1.84. The fourth-order valence-corrected chi connectivity index (χ4v) is 6.75. The summed E-state index contributed by atoms with van der Waals surface area (Å²) in [7, 11) is -3.49. The molecule has 20 heavy (non-hydrogen) atoms. The summed E-state index contributed by atoms with van der Waals surface area (Å²) in [4.78, 5) is 0.245. The third-order valence-electron chi connectivity index (χ3n) is 5.27. The van der Waals surface area contributed by atoms with E-state index >= 15 is 0 Å². The van der Waals surface area contributed by atoms with Gasteiger partial charge in [-0.1, -0.05) is 0 Å². The number of nitrogens with two attached hydrogens (primary N) is 1. The van der Waals surface area contributed by atoms with Crippen molar-refractivity contribution in [3.63, 3.8) is 0 Å². The Morgan fingerprint density at radius 1 is 1.20 bits per heavy atom. The molecule has 4 unspecified atom stereocenters. The number of halogens is 1. The summed E-state index contributed by atoms with van der Waals surface area (Å²) in [5.41, 5.74) is 6.17. The first-order chi connectivity index (χ1) is 9.47. The Morgan fingerprint density at radius 3 is 2.50 bits per heavy atom. The molecule has 108 valence electrons. The number of hydrogen-bond donors (Lipinski definition) is 2. The van der Waals surface area contributed by atoms with Crippen LogP contribution in [-0.4, -0.2) is 14.5 Å². The Balaban J connectivity index is 1.58. The fraction of sp³-hybridized carbons (Fsp3) is 0.571. The van der Waals surface area contributed by atoms with E-state index in [1.165, 1.54) is 25.3 Å². The first-order valence-electron chi connectivity index (χ1n) is 7.05. The van der Waals surface area contributed by atoms with Crippen molar-refractivity contribution in [2.75, 3.05) is 5.73 Å². The van der Waals surface area contributed by atoms with E-state index in [4.69, 9.17) is 5.73 Å². The molecule has 4 rings (SSSR count). The van der Waals surface area contributed by atoms with Gasteiger partial charge >= 0.3 is 0 Å². The van der Waals surface area contributed by atoms with Crippen LogP contribution in [-0.2, 0) is 10.0 Å². The third-order valence-corrected chi connectivity index (χ3v) is 7.72.